The minimum Gasteiger partial charge on any atom is -0.481 e. The third-order valence-electron chi connectivity index (χ3n) is 6.22. The molecular weight excluding hydrogens is 352 g/mol. The number of rotatable bonds is 11. The third kappa shape index (κ3) is 6.07. The smallest absolute Gasteiger partial charge is 0.303 e. The van der Waals surface area contributed by atoms with Gasteiger partial charge in [0.05, 0.1) is 12.2 Å². The fourth-order valence-corrected chi connectivity index (χ4v) is 7.60. The lowest BCUT2D eigenvalue weighted by atomic mass is 9.81. The Bertz CT molecular complexity index is 412. The molecule has 3 fully saturated rings. The average Bonchev–Trinajstić information content (AvgIpc) is 3.21. The minimum atomic E-state index is -0.665. The number of ether oxygens (including phenoxy) is 1. The first-order chi connectivity index (χ1) is 12.2. The summed E-state index contributed by atoms with van der Waals surface area (Å²) in [7, 11) is 0. The van der Waals surface area contributed by atoms with E-state index >= 15 is 0 Å². The first-order valence-corrected chi connectivity index (χ1v) is 12.6. The molecule has 0 aromatic rings. The van der Waals surface area contributed by atoms with Gasteiger partial charge in [0.1, 0.15) is 0 Å². The van der Waals surface area contributed by atoms with Gasteiger partial charge in [-0.25, -0.2) is 0 Å². The molecule has 5 heteroatoms. The fraction of sp³-hybridized carbons (Fsp3) is 0.950. The lowest BCUT2D eigenvalue weighted by Gasteiger charge is -2.28. The molecule has 0 unspecified atom stereocenters. The summed E-state index contributed by atoms with van der Waals surface area (Å²) < 4.78 is 6.25. The Morgan fingerprint density at radius 3 is 2.24 bits per heavy atom. The Kier molecular flexibility index (Phi) is 8.32. The highest BCUT2D eigenvalue weighted by Crippen LogP contribution is 2.46. The van der Waals surface area contributed by atoms with Gasteiger partial charge in [0, 0.05) is 18.3 Å². The van der Waals surface area contributed by atoms with E-state index in [4.69, 9.17) is 9.84 Å². The molecule has 3 rings (SSSR count). The summed E-state index contributed by atoms with van der Waals surface area (Å²) in [5, 5.41) is 8.70. The van der Waals surface area contributed by atoms with E-state index < -0.39 is 5.97 Å². The van der Waals surface area contributed by atoms with Gasteiger partial charge in [0.25, 0.3) is 0 Å². The van der Waals surface area contributed by atoms with Gasteiger partial charge < -0.3 is 9.84 Å². The maximum absolute atomic E-state index is 10.6. The number of hydrogen-bond acceptors (Lipinski definition) is 4. The molecule has 3 aliphatic rings. The topological polar surface area (TPSA) is 46.5 Å². The van der Waals surface area contributed by atoms with Gasteiger partial charge in [-0.3, -0.25) is 4.79 Å². The molecule has 0 amide bonds. The number of carbonyl (C=O) groups is 1. The van der Waals surface area contributed by atoms with Crippen molar-refractivity contribution in [3.63, 3.8) is 0 Å². The van der Waals surface area contributed by atoms with Crippen LogP contribution in [0.2, 0.25) is 0 Å². The van der Waals surface area contributed by atoms with Crippen LogP contribution in [0.5, 0.6) is 0 Å². The number of fused-ring (bicyclic) bond motifs is 2. The van der Waals surface area contributed by atoms with Gasteiger partial charge in [0.2, 0.25) is 0 Å². The largest absolute Gasteiger partial charge is 0.481 e. The Labute approximate surface area is 161 Å². The molecule has 144 valence electrons. The average molecular weight is 387 g/mol. The molecule has 0 aromatic carbocycles. The van der Waals surface area contributed by atoms with Crippen molar-refractivity contribution in [1.29, 1.82) is 0 Å². The summed E-state index contributed by atoms with van der Waals surface area (Å²) in [6, 6.07) is 0. The second kappa shape index (κ2) is 10.5. The van der Waals surface area contributed by atoms with Crippen molar-refractivity contribution in [2.75, 3.05) is 23.0 Å². The normalized spacial score (nSPS) is 32.3. The zero-order valence-electron chi connectivity index (χ0n) is 15.4. The predicted octanol–water partition coefficient (Wildman–Crippen LogP) is 5.08. The van der Waals surface area contributed by atoms with E-state index in [1.165, 1.54) is 62.2 Å². The van der Waals surface area contributed by atoms with Crippen LogP contribution in [-0.4, -0.2) is 46.3 Å². The van der Waals surface area contributed by atoms with E-state index in [1.54, 1.807) is 0 Å². The standard InChI is InChI=1S/C20H34O3S2/c21-20(22)8-4-5-11-24-13-16-17(19-10-9-18(16)23-19)14-25-12-15-6-2-1-3-7-15/h15-19H,1-14H2,(H,21,22)/t16-,17+,18-,19+/m1/s1. The Morgan fingerprint density at radius 1 is 0.880 bits per heavy atom. The van der Waals surface area contributed by atoms with E-state index in [0.29, 0.717) is 18.6 Å². The van der Waals surface area contributed by atoms with Crippen LogP contribution in [0.1, 0.15) is 64.2 Å². The predicted molar refractivity (Wildman–Crippen MR) is 108 cm³/mol. The molecule has 2 heterocycles. The number of thioether (sulfide) groups is 2. The maximum Gasteiger partial charge on any atom is 0.303 e. The lowest BCUT2D eigenvalue weighted by Crippen LogP contribution is -2.31. The minimum absolute atomic E-state index is 0.318. The molecule has 3 nitrogen and oxygen atoms in total. The van der Waals surface area contributed by atoms with Gasteiger partial charge >= 0.3 is 5.97 Å². The summed E-state index contributed by atoms with van der Waals surface area (Å²) in [6.45, 7) is 0. The van der Waals surface area contributed by atoms with Crippen LogP contribution in [0.4, 0.5) is 0 Å². The Hall–Kier alpha value is 0.130. The molecular formula is C20H34O3S2. The monoisotopic (exact) mass is 386 g/mol. The fourth-order valence-electron chi connectivity index (χ4n) is 4.76. The summed E-state index contributed by atoms with van der Waals surface area (Å²) in [5.41, 5.74) is 0. The van der Waals surface area contributed by atoms with Gasteiger partial charge in [-0.15, -0.1) is 0 Å². The zero-order valence-corrected chi connectivity index (χ0v) is 17.0. The van der Waals surface area contributed by atoms with Crippen LogP contribution >= 0.6 is 23.5 Å². The van der Waals surface area contributed by atoms with Crippen LogP contribution in [0, 0.1) is 17.8 Å². The number of unbranched alkanes of at least 4 members (excludes halogenated alkanes) is 1. The Balaban J connectivity index is 1.33. The Morgan fingerprint density at radius 2 is 1.56 bits per heavy atom. The van der Waals surface area contributed by atoms with Gasteiger partial charge in [-0.1, -0.05) is 19.3 Å². The summed E-state index contributed by atoms with van der Waals surface area (Å²) in [6.07, 6.45) is 13.0. The van der Waals surface area contributed by atoms with E-state index in [9.17, 15) is 4.79 Å². The number of hydrogen-bond donors (Lipinski definition) is 1. The molecule has 2 aliphatic heterocycles. The molecule has 0 radical (unpaired) electrons. The highest BCUT2D eigenvalue weighted by atomic mass is 32.2. The SMILES string of the molecule is O=C(O)CCCCSC[C@@H]1[C@H](CSCC2CCCCC2)[C@@H]2CC[C@H]1O2. The first-order valence-electron chi connectivity index (χ1n) is 10.3. The summed E-state index contributed by atoms with van der Waals surface area (Å²) in [4.78, 5) is 10.6. The zero-order chi connectivity index (χ0) is 17.5. The maximum atomic E-state index is 10.6. The molecule has 4 atom stereocenters. The van der Waals surface area contributed by atoms with Gasteiger partial charge in [-0.05, 0) is 67.5 Å². The third-order valence-corrected chi connectivity index (χ3v) is 8.74. The van der Waals surface area contributed by atoms with E-state index in [2.05, 4.69) is 11.8 Å². The van der Waals surface area contributed by atoms with Crippen molar-refractivity contribution in [2.24, 2.45) is 17.8 Å². The molecule has 0 spiro atoms. The quantitative estimate of drug-likeness (QED) is 0.502. The second-order valence-electron chi connectivity index (χ2n) is 8.09. The number of carboxylic acids is 1. The molecule has 1 saturated carbocycles. The van der Waals surface area contributed by atoms with Crippen molar-refractivity contribution >= 4 is 29.5 Å². The van der Waals surface area contributed by atoms with Gasteiger partial charge in [0.15, 0.2) is 0 Å². The van der Waals surface area contributed by atoms with Crippen molar-refractivity contribution in [3.8, 4) is 0 Å². The molecule has 0 aromatic heterocycles. The second-order valence-corrected chi connectivity index (χ2v) is 10.3. The van der Waals surface area contributed by atoms with Crippen molar-refractivity contribution in [3.05, 3.63) is 0 Å². The van der Waals surface area contributed by atoms with Crippen molar-refractivity contribution < 1.29 is 14.6 Å². The lowest BCUT2D eigenvalue weighted by molar-refractivity contribution is -0.137. The molecule has 2 bridgehead atoms. The summed E-state index contributed by atoms with van der Waals surface area (Å²) in [5.74, 6) is 6.78. The van der Waals surface area contributed by atoms with E-state index in [-0.39, 0.29) is 0 Å². The van der Waals surface area contributed by atoms with E-state index in [0.717, 1.165) is 36.3 Å². The number of aliphatic carboxylic acids is 1. The van der Waals surface area contributed by atoms with Crippen molar-refractivity contribution in [1.82, 2.24) is 0 Å². The van der Waals surface area contributed by atoms with Crippen molar-refractivity contribution in [2.45, 2.75) is 76.4 Å². The molecule has 1 N–H and O–H groups in total. The van der Waals surface area contributed by atoms with Crippen LogP contribution in [0.15, 0.2) is 0 Å². The first kappa shape index (κ1) is 19.9. The van der Waals surface area contributed by atoms with Crippen LogP contribution in [0.25, 0.3) is 0 Å². The van der Waals surface area contributed by atoms with Crippen LogP contribution in [0.3, 0.4) is 0 Å². The van der Waals surface area contributed by atoms with Gasteiger partial charge in [-0.2, -0.15) is 23.5 Å². The molecule has 25 heavy (non-hydrogen) atoms. The van der Waals surface area contributed by atoms with Crippen LogP contribution in [-0.2, 0) is 9.53 Å². The van der Waals surface area contributed by atoms with E-state index in [1.807, 2.05) is 11.8 Å². The molecule has 2 saturated heterocycles. The highest BCUT2D eigenvalue weighted by molar-refractivity contribution is 7.99. The summed E-state index contributed by atoms with van der Waals surface area (Å²) >= 11 is 4.22. The van der Waals surface area contributed by atoms with Crippen LogP contribution < -0.4 is 0 Å². The molecule has 1 aliphatic carbocycles. The number of carboxylic acid groups (broad SMARTS) is 1. The highest BCUT2D eigenvalue weighted by Gasteiger charge is 2.48.